The lowest BCUT2D eigenvalue weighted by Gasteiger charge is -2.20. The lowest BCUT2D eigenvalue weighted by atomic mass is 9.93. The Hall–Kier alpha value is -2.04. The van der Waals surface area contributed by atoms with E-state index in [1.165, 1.54) is 5.56 Å². The molecule has 0 saturated heterocycles. The van der Waals surface area contributed by atoms with Crippen molar-refractivity contribution in [1.29, 1.82) is 0 Å². The van der Waals surface area contributed by atoms with E-state index in [1.807, 2.05) is 18.2 Å². The Morgan fingerprint density at radius 3 is 2.55 bits per heavy atom. The quantitative estimate of drug-likeness (QED) is 0.758. The van der Waals surface area contributed by atoms with Crippen LogP contribution in [-0.4, -0.2) is 24.5 Å². The summed E-state index contributed by atoms with van der Waals surface area (Å²) in [6, 6.07) is 10.0. The molecule has 0 unspecified atom stereocenters. The van der Waals surface area contributed by atoms with Gasteiger partial charge in [-0.25, -0.2) is 4.79 Å². The molecule has 20 heavy (non-hydrogen) atoms. The summed E-state index contributed by atoms with van der Waals surface area (Å²) in [5, 5.41) is 5.61. The molecule has 2 atom stereocenters. The number of primary amides is 1. The molecule has 1 saturated carbocycles. The number of nitrogens with one attached hydrogen (secondary N) is 2. The molecule has 0 aromatic heterocycles. The zero-order chi connectivity index (χ0) is 14.8. The minimum absolute atomic E-state index is 0.175. The first-order chi connectivity index (χ1) is 9.40. The molecule has 5 heteroatoms. The van der Waals surface area contributed by atoms with Crippen LogP contribution in [0, 0.1) is 5.41 Å². The second-order valence-corrected chi connectivity index (χ2v) is 5.93. The molecule has 0 aliphatic heterocycles. The molecule has 1 fully saturated rings. The van der Waals surface area contributed by atoms with Gasteiger partial charge in [0.1, 0.15) is 0 Å². The topological polar surface area (TPSA) is 84.2 Å². The summed E-state index contributed by atoms with van der Waals surface area (Å²) < 4.78 is 0. The third-order valence-electron chi connectivity index (χ3n) is 3.69. The predicted octanol–water partition coefficient (Wildman–Crippen LogP) is 1.35. The van der Waals surface area contributed by atoms with E-state index < -0.39 is 11.3 Å². The van der Waals surface area contributed by atoms with Crippen LogP contribution < -0.4 is 16.4 Å². The fourth-order valence-electron chi connectivity index (χ4n) is 2.03. The summed E-state index contributed by atoms with van der Waals surface area (Å²) in [4.78, 5) is 22.9. The smallest absolute Gasteiger partial charge is 0.315 e. The summed E-state index contributed by atoms with van der Waals surface area (Å²) in [6.07, 6.45) is 0.955. The molecule has 1 aliphatic rings. The summed E-state index contributed by atoms with van der Waals surface area (Å²) in [7, 11) is 0. The molecule has 5 nitrogen and oxygen atoms in total. The molecule has 0 bridgehead atoms. The average molecular weight is 275 g/mol. The second kappa shape index (κ2) is 5.53. The first-order valence-corrected chi connectivity index (χ1v) is 6.79. The summed E-state index contributed by atoms with van der Waals surface area (Å²) in [5.41, 5.74) is 5.77. The molecule has 0 radical (unpaired) electrons. The van der Waals surface area contributed by atoms with E-state index in [4.69, 9.17) is 5.73 Å². The summed E-state index contributed by atoms with van der Waals surface area (Å²) in [6.45, 7) is 3.65. The van der Waals surface area contributed by atoms with Crippen molar-refractivity contribution in [3.8, 4) is 0 Å². The van der Waals surface area contributed by atoms with E-state index >= 15 is 0 Å². The number of carbonyl (C=O) groups excluding carboxylic acids is 2. The van der Waals surface area contributed by atoms with E-state index in [-0.39, 0.29) is 18.6 Å². The van der Waals surface area contributed by atoms with Crippen molar-refractivity contribution in [3.63, 3.8) is 0 Å². The van der Waals surface area contributed by atoms with Crippen LogP contribution in [0.25, 0.3) is 0 Å². The number of urea groups is 1. The Labute approximate surface area is 118 Å². The number of hydrogen-bond donors (Lipinski definition) is 3. The normalized spacial score (nSPS) is 21.1. The van der Waals surface area contributed by atoms with Crippen LogP contribution in [0.2, 0.25) is 0 Å². The van der Waals surface area contributed by atoms with Gasteiger partial charge in [0.2, 0.25) is 5.91 Å². The molecule has 1 aromatic rings. The van der Waals surface area contributed by atoms with Crippen molar-refractivity contribution in [3.05, 3.63) is 35.9 Å². The fourth-order valence-corrected chi connectivity index (χ4v) is 2.03. The van der Waals surface area contributed by atoms with E-state index in [0.717, 1.165) is 6.42 Å². The van der Waals surface area contributed by atoms with Gasteiger partial charge in [-0.05, 0) is 25.8 Å². The Morgan fingerprint density at radius 1 is 1.30 bits per heavy atom. The monoisotopic (exact) mass is 275 g/mol. The average Bonchev–Trinajstić information content (AvgIpc) is 3.16. The van der Waals surface area contributed by atoms with E-state index in [1.54, 1.807) is 13.8 Å². The van der Waals surface area contributed by atoms with Gasteiger partial charge in [0.15, 0.2) is 0 Å². The number of amides is 3. The first-order valence-electron chi connectivity index (χ1n) is 6.79. The summed E-state index contributed by atoms with van der Waals surface area (Å²) >= 11 is 0. The standard InChI is InChI=1S/C15H21N3O2/c1-15(2,13(16)19)9-17-14(20)18-12-8-11(12)10-6-4-3-5-7-10/h3-7,11-12H,8-9H2,1-2H3,(H2,16,19)(H2,17,18,20)/t11-,12-/m1/s1. The molecule has 1 aromatic carbocycles. The van der Waals surface area contributed by atoms with Gasteiger partial charge in [-0.15, -0.1) is 0 Å². The number of carbonyl (C=O) groups is 2. The number of rotatable bonds is 5. The Kier molecular flexibility index (Phi) is 3.97. The van der Waals surface area contributed by atoms with Gasteiger partial charge in [0.05, 0.1) is 5.41 Å². The zero-order valence-corrected chi connectivity index (χ0v) is 11.8. The van der Waals surface area contributed by atoms with Crippen LogP contribution in [-0.2, 0) is 4.79 Å². The highest BCUT2D eigenvalue weighted by Gasteiger charge is 2.39. The van der Waals surface area contributed by atoms with Crippen molar-refractivity contribution < 1.29 is 9.59 Å². The summed E-state index contributed by atoms with van der Waals surface area (Å²) in [5.74, 6) is -0.0301. The third kappa shape index (κ3) is 3.50. The molecular weight excluding hydrogens is 254 g/mol. The van der Waals surface area contributed by atoms with Gasteiger partial charge in [-0.2, -0.15) is 0 Å². The lowest BCUT2D eigenvalue weighted by Crippen LogP contribution is -2.46. The lowest BCUT2D eigenvalue weighted by molar-refractivity contribution is -0.125. The number of benzene rings is 1. The SMILES string of the molecule is CC(C)(CNC(=O)N[C@@H]1C[C@@H]1c1ccccc1)C(N)=O. The molecule has 3 amide bonds. The second-order valence-electron chi connectivity index (χ2n) is 5.93. The van der Waals surface area contributed by atoms with E-state index in [9.17, 15) is 9.59 Å². The van der Waals surface area contributed by atoms with Gasteiger partial charge in [-0.1, -0.05) is 30.3 Å². The number of hydrogen-bond acceptors (Lipinski definition) is 2. The zero-order valence-electron chi connectivity index (χ0n) is 11.8. The van der Waals surface area contributed by atoms with Crippen molar-refractivity contribution in [2.75, 3.05) is 6.54 Å². The van der Waals surface area contributed by atoms with Crippen molar-refractivity contribution in [2.24, 2.45) is 11.1 Å². The molecular formula is C15H21N3O2. The van der Waals surface area contributed by atoms with Crippen LogP contribution in [0.4, 0.5) is 4.79 Å². The van der Waals surface area contributed by atoms with Crippen LogP contribution in [0.3, 0.4) is 0 Å². The highest BCUT2D eigenvalue weighted by molar-refractivity contribution is 5.81. The molecule has 4 N–H and O–H groups in total. The maximum atomic E-state index is 11.8. The maximum Gasteiger partial charge on any atom is 0.315 e. The molecule has 0 spiro atoms. The van der Waals surface area contributed by atoms with Gasteiger partial charge >= 0.3 is 6.03 Å². The minimum atomic E-state index is -0.736. The van der Waals surface area contributed by atoms with Crippen molar-refractivity contribution >= 4 is 11.9 Å². The minimum Gasteiger partial charge on any atom is -0.369 e. The Bertz CT molecular complexity index is 499. The van der Waals surface area contributed by atoms with Gasteiger partial charge in [0, 0.05) is 18.5 Å². The first kappa shape index (κ1) is 14.4. The van der Waals surface area contributed by atoms with Crippen molar-refractivity contribution in [2.45, 2.75) is 32.2 Å². The molecule has 2 rings (SSSR count). The van der Waals surface area contributed by atoms with Crippen LogP contribution in [0.15, 0.2) is 30.3 Å². The predicted molar refractivity (Wildman–Crippen MR) is 77.1 cm³/mol. The van der Waals surface area contributed by atoms with Crippen LogP contribution >= 0.6 is 0 Å². The fraction of sp³-hybridized carbons (Fsp3) is 0.467. The van der Waals surface area contributed by atoms with E-state index in [0.29, 0.717) is 5.92 Å². The molecule has 0 heterocycles. The van der Waals surface area contributed by atoms with Crippen LogP contribution in [0.5, 0.6) is 0 Å². The van der Waals surface area contributed by atoms with Crippen LogP contribution in [0.1, 0.15) is 31.7 Å². The van der Waals surface area contributed by atoms with Crippen molar-refractivity contribution in [1.82, 2.24) is 10.6 Å². The maximum absolute atomic E-state index is 11.8. The van der Waals surface area contributed by atoms with Gasteiger partial charge in [-0.3, -0.25) is 4.79 Å². The Balaban J connectivity index is 1.76. The largest absolute Gasteiger partial charge is 0.369 e. The highest BCUT2D eigenvalue weighted by atomic mass is 16.2. The highest BCUT2D eigenvalue weighted by Crippen LogP contribution is 2.40. The third-order valence-corrected chi connectivity index (χ3v) is 3.69. The molecule has 108 valence electrons. The Morgan fingerprint density at radius 2 is 1.95 bits per heavy atom. The van der Waals surface area contributed by atoms with E-state index in [2.05, 4.69) is 22.8 Å². The van der Waals surface area contributed by atoms with Gasteiger partial charge in [0.25, 0.3) is 0 Å². The molecule has 1 aliphatic carbocycles. The van der Waals surface area contributed by atoms with Gasteiger partial charge < -0.3 is 16.4 Å². The number of nitrogens with two attached hydrogens (primary N) is 1.